The Balaban J connectivity index is 2.19. The second kappa shape index (κ2) is 5.70. The number of hydrogen-bond donors (Lipinski definition) is 1. The zero-order chi connectivity index (χ0) is 14.0. The maximum Gasteiger partial charge on any atom is 0.137 e. The van der Waals surface area contributed by atoms with Gasteiger partial charge in [0.05, 0.1) is 4.47 Å². The molecular formula is C15H14BrF2N. The van der Waals surface area contributed by atoms with Crippen LogP contribution in [-0.4, -0.2) is 0 Å². The van der Waals surface area contributed by atoms with Crippen LogP contribution in [0.4, 0.5) is 14.5 Å². The molecule has 2 aromatic rings. The zero-order valence-corrected chi connectivity index (χ0v) is 12.3. The first kappa shape index (κ1) is 14.0. The lowest BCUT2D eigenvalue weighted by atomic mass is 10.1. The fourth-order valence-corrected chi connectivity index (χ4v) is 2.20. The minimum atomic E-state index is -0.287. The molecule has 0 unspecified atom stereocenters. The third-order valence-corrected chi connectivity index (χ3v) is 3.66. The molecule has 1 N–H and O–H groups in total. The number of aryl methyl sites for hydroxylation is 2. The molecule has 0 radical (unpaired) electrons. The summed E-state index contributed by atoms with van der Waals surface area (Å²) < 4.78 is 26.9. The lowest BCUT2D eigenvalue weighted by Gasteiger charge is -2.12. The summed E-state index contributed by atoms with van der Waals surface area (Å²) in [6, 6.07) is 7.86. The molecule has 0 fully saturated rings. The monoisotopic (exact) mass is 325 g/mol. The molecule has 0 heterocycles. The van der Waals surface area contributed by atoms with E-state index in [1.54, 1.807) is 12.1 Å². The lowest BCUT2D eigenvalue weighted by Crippen LogP contribution is -2.03. The van der Waals surface area contributed by atoms with E-state index in [0.717, 1.165) is 22.4 Å². The third-order valence-electron chi connectivity index (χ3n) is 3.05. The predicted molar refractivity (Wildman–Crippen MR) is 77.3 cm³/mol. The fourth-order valence-electron chi connectivity index (χ4n) is 1.86. The number of hydrogen-bond acceptors (Lipinski definition) is 1. The third kappa shape index (κ3) is 3.32. The van der Waals surface area contributed by atoms with E-state index in [0.29, 0.717) is 11.0 Å². The van der Waals surface area contributed by atoms with Crippen LogP contribution < -0.4 is 5.32 Å². The van der Waals surface area contributed by atoms with Crippen LogP contribution in [0.1, 0.15) is 16.7 Å². The molecule has 0 spiro atoms. The lowest BCUT2D eigenvalue weighted by molar-refractivity contribution is 0.620. The van der Waals surface area contributed by atoms with Gasteiger partial charge in [-0.15, -0.1) is 0 Å². The van der Waals surface area contributed by atoms with Crippen molar-refractivity contribution in [2.45, 2.75) is 20.4 Å². The van der Waals surface area contributed by atoms with E-state index in [9.17, 15) is 8.78 Å². The number of halogens is 3. The molecule has 2 aromatic carbocycles. The summed E-state index contributed by atoms with van der Waals surface area (Å²) in [4.78, 5) is 0. The van der Waals surface area contributed by atoms with Gasteiger partial charge in [-0.2, -0.15) is 0 Å². The first-order valence-corrected chi connectivity index (χ1v) is 6.71. The highest BCUT2D eigenvalue weighted by atomic mass is 79.9. The standard InChI is InChI=1S/C15H14BrF2N/c1-9-3-4-12(17)6-11(9)8-19-15-7-13(16)14(18)5-10(15)2/h3-7,19H,8H2,1-2H3. The zero-order valence-electron chi connectivity index (χ0n) is 10.7. The van der Waals surface area contributed by atoms with Crippen LogP contribution >= 0.6 is 15.9 Å². The van der Waals surface area contributed by atoms with Crippen molar-refractivity contribution >= 4 is 21.6 Å². The summed E-state index contributed by atoms with van der Waals surface area (Å²) in [5.74, 6) is -0.538. The number of anilines is 1. The molecule has 0 aromatic heterocycles. The predicted octanol–water partition coefficient (Wildman–Crippen LogP) is 4.96. The van der Waals surface area contributed by atoms with Gasteiger partial charge in [-0.1, -0.05) is 6.07 Å². The minimum Gasteiger partial charge on any atom is -0.381 e. The van der Waals surface area contributed by atoms with Crippen LogP contribution in [0.25, 0.3) is 0 Å². The van der Waals surface area contributed by atoms with Crippen molar-refractivity contribution < 1.29 is 8.78 Å². The van der Waals surface area contributed by atoms with Gasteiger partial charge in [0.15, 0.2) is 0 Å². The van der Waals surface area contributed by atoms with E-state index < -0.39 is 0 Å². The average molecular weight is 326 g/mol. The highest BCUT2D eigenvalue weighted by molar-refractivity contribution is 9.10. The van der Waals surface area contributed by atoms with Gasteiger partial charge in [0.25, 0.3) is 0 Å². The normalized spacial score (nSPS) is 10.6. The largest absolute Gasteiger partial charge is 0.381 e. The van der Waals surface area contributed by atoms with Gasteiger partial charge < -0.3 is 5.32 Å². The Morgan fingerprint density at radius 3 is 2.53 bits per heavy atom. The molecule has 100 valence electrons. The highest BCUT2D eigenvalue weighted by Crippen LogP contribution is 2.25. The Bertz CT molecular complexity index is 611. The van der Waals surface area contributed by atoms with Crippen molar-refractivity contribution in [2.24, 2.45) is 0 Å². The van der Waals surface area contributed by atoms with Gasteiger partial charge in [-0.25, -0.2) is 8.78 Å². The summed E-state index contributed by atoms with van der Waals surface area (Å²) in [7, 11) is 0. The van der Waals surface area contributed by atoms with Gasteiger partial charge in [0.1, 0.15) is 11.6 Å². The summed E-state index contributed by atoms with van der Waals surface area (Å²) in [6.45, 7) is 4.27. The molecule has 0 aliphatic rings. The maximum atomic E-state index is 13.3. The topological polar surface area (TPSA) is 12.0 Å². The van der Waals surface area contributed by atoms with Gasteiger partial charge >= 0.3 is 0 Å². The second-order valence-corrected chi connectivity index (χ2v) is 5.36. The van der Waals surface area contributed by atoms with Gasteiger partial charge in [0.2, 0.25) is 0 Å². The van der Waals surface area contributed by atoms with Crippen molar-refractivity contribution in [1.82, 2.24) is 0 Å². The van der Waals surface area contributed by atoms with Crippen molar-refractivity contribution in [2.75, 3.05) is 5.32 Å². The van der Waals surface area contributed by atoms with E-state index in [2.05, 4.69) is 21.2 Å². The quantitative estimate of drug-likeness (QED) is 0.841. The molecule has 0 aliphatic carbocycles. The molecule has 4 heteroatoms. The molecule has 0 saturated carbocycles. The Kier molecular flexibility index (Phi) is 4.20. The smallest absolute Gasteiger partial charge is 0.137 e. The molecular weight excluding hydrogens is 312 g/mol. The highest BCUT2D eigenvalue weighted by Gasteiger charge is 2.06. The summed E-state index contributed by atoms with van der Waals surface area (Å²) >= 11 is 3.16. The van der Waals surface area contributed by atoms with E-state index in [1.807, 2.05) is 13.8 Å². The van der Waals surface area contributed by atoms with E-state index >= 15 is 0 Å². The summed E-state index contributed by atoms with van der Waals surface area (Å²) in [6.07, 6.45) is 0. The molecule has 0 atom stereocenters. The van der Waals surface area contributed by atoms with Gasteiger partial charge in [-0.05, 0) is 70.7 Å². The number of benzene rings is 2. The van der Waals surface area contributed by atoms with Gasteiger partial charge in [-0.3, -0.25) is 0 Å². The van der Waals surface area contributed by atoms with Crippen molar-refractivity contribution in [1.29, 1.82) is 0 Å². The van der Waals surface area contributed by atoms with Crippen LogP contribution in [0.3, 0.4) is 0 Å². The maximum absolute atomic E-state index is 13.3. The molecule has 19 heavy (non-hydrogen) atoms. The van der Waals surface area contributed by atoms with Crippen LogP contribution in [0.15, 0.2) is 34.8 Å². The molecule has 0 saturated heterocycles. The SMILES string of the molecule is Cc1ccc(F)cc1CNc1cc(Br)c(F)cc1C. The molecule has 1 nitrogen and oxygen atoms in total. The van der Waals surface area contributed by atoms with Crippen LogP contribution in [0.2, 0.25) is 0 Å². The van der Waals surface area contributed by atoms with E-state index in [4.69, 9.17) is 0 Å². The van der Waals surface area contributed by atoms with Crippen LogP contribution in [-0.2, 0) is 6.54 Å². The Morgan fingerprint density at radius 2 is 1.79 bits per heavy atom. The first-order valence-electron chi connectivity index (χ1n) is 5.92. The Labute approximate surface area is 119 Å². The second-order valence-electron chi connectivity index (χ2n) is 4.51. The Morgan fingerprint density at radius 1 is 1.05 bits per heavy atom. The Hall–Kier alpha value is -1.42. The van der Waals surface area contributed by atoms with Crippen LogP contribution in [0.5, 0.6) is 0 Å². The van der Waals surface area contributed by atoms with Crippen LogP contribution in [0, 0.1) is 25.5 Å². The molecule has 0 aliphatic heterocycles. The van der Waals surface area contributed by atoms with Crippen molar-refractivity contribution in [3.05, 3.63) is 63.1 Å². The fraction of sp³-hybridized carbons (Fsp3) is 0.200. The number of nitrogens with one attached hydrogen (secondary N) is 1. The van der Waals surface area contributed by atoms with Crippen molar-refractivity contribution in [3.8, 4) is 0 Å². The minimum absolute atomic E-state index is 0.251. The van der Waals surface area contributed by atoms with Gasteiger partial charge in [0, 0.05) is 12.2 Å². The first-order chi connectivity index (χ1) is 8.97. The number of rotatable bonds is 3. The van der Waals surface area contributed by atoms with E-state index in [1.165, 1.54) is 18.2 Å². The van der Waals surface area contributed by atoms with E-state index in [-0.39, 0.29) is 11.6 Å². The molecule has 0 bridgehead atoms. The average Bonchev–Trinajstić information content (AvgIpc) is 2.36. The molecule has 2 rings (SSSR count). The summed E-state index contributed by atoms with van der Waals surface area (Å²) in [5.41, 5.74) is 3.55. The van der Waals surface area contributed by atoms with Crippen molar-refractivity contribution in [3.63, 3.8) is 0 Å². The summed E-state index contributed by atoms with van der Waals surface area (Å²) in [5, 5.41) is 3.20. The molecule has 0 amide bonds.